The van der Waals surface area contributed by atoms with E-state index >= 15 is 0 Å². The van der Waals surface area contributed by atoms with Crippen molar-refractivity contribution in [3.8, 4) is 17.3 Å². The Balaban J connectivity index is 1.30. The van der Waals surface area contributed by atoms with Gasteiger partial charge in [0.25, 0.3) is 0 Å². The van der Waals surface area contributed by atoms with Crippen LogP contribution in [-0.4, -0.2) is 52.2 Å². The molecule has 11 heteroatoms. The molecule has 5 rings (SSSR count). The zero-order valence-electron chi connectivity index (χ0n) is 19.4. The molecular weight excluding hydrogens is 498 g/mol. The van der Waals surface area contributed by atoms with Crippen molar-refractivity contribution in [3.63, 3.8) is 0 Å². The minimum absolute atomic E-state index is 0.0617. The van der Waals surface area contributed by atoms with Crippen molar-refractivity contribution in [3.05, 3.63) is 73.0 Å². The van der Waals surface area contributed by atoms with Crippen LogP contribution in [0.25, 0.3) is 17.3 Å². The largest absolute Gasteiger partial charge is 0.461 e. The van der Waals surface area contributed by atoms with Crippen LogP contribution in [0.5, 0.6) is 0 Å². The Hall–Kier alpha value is -3.41. The van der Waals surface area contributed by atoms with E-state index in [9.17, 15) is 13.2 Å². The molecule has 3 heterocycles. The van der Waals surface area contributed by atoms with Crippen molar-refractivity contribution in [2.24, 2.45) is 0 Å². The van der Waals surface area contributed by atoms with Crippen LogP contribution in [0.15, 0.2) is 87.5 Å². The number of aromatic nitrogens is 3. The van der Waals surface area contributed by atoms with E-state index in [1.807, 2.05) is 34.9 Å². The zero-order chi connectivity index (χ0) is 25.0. The van der Waals surface area contributed by atoms with Gasteiger partial charge in [-0.3, -0.25) is 9.36 Å². The third-order valence-corrected chi connectivity index (χ3v) is 8.62. The van der Waals surface area contributed by atoms with E-state index in [2.05, 4.69) is 15.5 Å². The quantitative estimate of drug-likeness (QED) is 0.340. The lowest BCUT2D eigenvalue weighted by molar-refractivity contribution is -0.113. The molecule has 0 radical (unpaired) electrons. The van der Waals surface area contributed by atoms with Gasteiger partial charge in [0, 0.05) is 24.5 Å². The molecule has 36 heavy (non-hydrogen) atoms. The van der Waals surface area contributed by atoms with Crippen molar-refractivity contribution in [2.45, 2.75) is 29.3 Å². The van der Waals surface area contributed by atoms with Crippen LogP contribution in [0.2, 0.25) is 0 Å². The van der Waals surface area contributed by atoms with Crippen molar-refractivity contribution in [1.29, 1.82) is 0 Å². The molecule has 1 saturated heterocycles. The Kier molecular flexibility index (Phi) is 7.21. The lowest BCUT2D eigenvalue weighted by atomic mass is 10.2. The number of benzene rings is 2. The van der Waals surface area contributed by atoms with Crippen LogP contribution in [-0.2, 0) is 14.8 Å². The molecule has 1 aliphatic rings. The van der Waals surface area contributed by atoms with Crippen LogP contribution >= 0.6 is 11.8 Å². The maximum absolute atomic E-state index is 13.0. The summed E-state index contributed by atoms with van der Waals surface area (Å²) in [5.41, 5.74) is 1.27. The number of sulfonamides is 1. The Morgan fingerprint density at radius 1 is 0.972 bits per heavy atom. The van der Waals surface area contributed by atoms with E-state index in [4.69, 9.17) is 4.42 Å². The van der Waals surface area contributed by atoms with Gasteiger partial charge < -0.3 is 9.73 Å². The summed E-state index contributed by atoms with van der Waals surface area (Å²) in [4.78, 5) is 12.9. The fourth-order valence-electron chi connectivity index (χ4n) is 4.05. The van der Waals surface area contributed by atoms with Crippen molar-refractivity contribution >= 4 is 33.4 Å². The van der Waals surface area contributed by atoms with E-state index in [0.717, 1.165) is 24.9 Å². The molecule has 0 atom stereocenters. The zero-order valence-corrected chi connectivity index (χ0v) is 21.0. The minimum Gasteiger partial charge on any atom is -0.461 e. The number of piperidine rings is 1. The van der Waals surface area contributed by atoms with Gasteiger partial charge in [0.05, 0.1) is 16.9 Å². The Bertz CT molecular complexity index is 1430. The number of rotatable bonds is 8. The molecule has 9 nitrogen and oxygen atoms in total. The summed E-state index contributed by atoms with van der Waals surface area (Å²) >= 11 is 1.23. The molecule has 186 valence electrons. The first-order valence-corrected chi connectivity index (χ1v) is 14.0. The number of furan rings is 1. The summed E-state index contributed by atoms with van der Waals surface area (Å²) < 4.78 is 34.9. The molecule has 1 amide bonds. The SMILES string of the molecule is O=C(CSc1nnc(-c2ccco2)n1-c1ccccc1)Nc1cccc(S(=O)(=O)N2CCCCC2)c1. The lowest BCUT2D eigenvalue weighted by Gasteiger charge is -2.26. The van der Waals surface area contributed by atoms with Crippen LogP contribution in [0.1, 0.15) is 19.3 Å². The van der Waals surface area contributed by atoms with E-state index in [1.54, 1.807) is 36.6 Å². The molecule has 1 aliphatic heterocycles. The average Bonchev–Trinajstić information content (AvgIpc) is 3.59. The number of thioether (sulfide) groups is 1. The summed E-state index contributed by atoms with van der Waals surface area (Å²) in [6, 6.07) is 19.6. The van der Waals surface area contributed by atoms with Crippen LogP contribution in [0, 0.1) is 0 Å². The number of amides is 1. The third-order valence-electron chi connectivity index (χ3n) is 5.79. The number of carbonyl (C=O) groups is 1. The number of nitrogens with zero attached hydrogens (tertiary/aromatic N) is 4. The Morgan fingerprint density at radius 2 is 1.78 bits per heavy atom. The van der Waals surface area contributed by atoms with Gasteiger partial charge in [-0.05, 0) is 55.3 Å². The highest BCUT2D eigenvalue weighted by atomic mass is 32.2. The fraction of sp³-hybridized carbons (Fsp3) is 0.240. The number of hydrogen-bond acceptors (Lipinski definition) is 7. The van der Waals surface area contributed by atoms with E-state index in [-0.39, 0.29) is 16.6 Å². The maximum Gasteiger partial charge on any atom is 0.243 e. The molecule has 4 aromatic rings. The van der Waals surface area contributed by atoms with Gasteiger partial charge in [-0.2, -0.15) is 4.31 Å². The minimum atomic E-state index is -3.58. The van der Waals surface area contributed by atoms with Crippen molar-refractivity contribution in [2.75, 3.05) is 24.2 Å². The van der Waals surface area contributed by atoms with E-state index in [0.29, 0.717) is 35.5 Å². The lowest BCUT2D eigenvalue weighted by Crippen LogP contribution is -2.35. The highest BCUT2D eigenvalue weighted by molar-refractivity contribution is 7.99. The number of nitrogens with one attached hydrogen (secondary N) is 1. The Labute approximate surface area is 213 Å². The molecule has 0 spiro atoms. The van der Waals surface area contributed by atoms with Crippen molar-refractivity contribution in [1.82, 2.24) is 19.1 Å². The van der Waals surface area contributed by atoms with Gasteiger partial charge in [-0.25, -0.2) is 8.42 Å². The first-order valence-electron chi connectivity index (χ1n) is 11.6. The van der Waals surface area contributed by atoms with Crippen molar-refractivity contribution < 1.29 is 17.6 Å². The topological polar surface area (TPSA) is 110 Å². The molecule has 0 aliphatic carbocycles. The maximum atomic E-state index is 13.0. The number of para-hydroxylation sites is 1. The second-order valence-electron chi connectivity index (χ2n) is 8.28. The molecular formula is C25H25N5O4S2. The van der Waals surface area contributed by atoms with Gasteiger partial charge in [0.15, 0.2) is 10.9 Å². The van der Waals surface area contributed by atoms with Crippen LogP contribution in [0.3, 0.4) is 0 Å². The Morgan fingerprint density at radius 3 is 2.53 bits per heavy atom. The van der Waals surface area contributed by atoms with Gasteiger partial charge in [0.2, 0.25) is 21.8 Å². The highest BCUT2D eigenvalue weighted by Gasteiger charge is 2.26. The molecule has 0 bridgehead atoms. The second kappa shape index (κ2) is 10.7. The van der Waals surface area contributed by atoms with Crippen LogP contribution < -0.4 is 5.32 Å². The molecule has 0 unspecified atom stereocenters. The number of hydrogen-bond donors (Lipinski definition) is 1. The smallest absolute Gasteiger partial charge is 0.243 e. The summed E-state index contributed by atoms with van der Waals surface area (Å²) in [6.07, 6.45) is 4.34. The normalized spacial score (nSPS) is 14.6. The average molecular weight is 524 g/mol. The fourth-order valence-corrected chi connectivity index (χ4v) is 6.37. The predicted molar refractivity (Wildman–Crippen MR) is 137 cm³/mol. The van der Waals surface area contributed by atoms with Gasteiger partial charge in [-0.1, -0.05) is 42.4 Å². The molecule has 1 fully saturated rings. The molecule has 2 aromatic carbocycles. The second-order valence-corrected chi connectivity index (χ2v) is 11.2. The highest BCUT2D eigenvalue weighted by Crippen LogP contribution is 2.28. The first-order chi connectivity index (χ1) is 17.5. The summed E-state index contributed by atoms with van der Waals surface area (Å²) in [5, 5.41) is 11.9. The first kappa shape index (κ1) is 24.3. The van der Waals surface area contributed by atoms with E-state index < -0.39 is 10.0 Å². The summed E-state index contributed by atoms with van der Waals surface area (Å²) in [6.45, 7) is 1.05. The predicted octanol–water partition coefficient (Wildman–Crippen LogP) is 4.43. The summed E-state index contributed by atoms with van der Waals surface area (Å²) in [5.74, 6) is 0.875. The summed E-state index contributed by atoms with van der Waals surface area (Å²) in [7, 11) is -3.58. The van der Waals surface area contributed by atoms with E-state index in [1.165, 1.54) is 22.1 Å². The molecule has 1 N–H and O–H groups in total. The van der Waals surface area contributed by atoms with Gasteiger partial charge in [-0.15, -0.1) is 10.2 Å². The third kappa shape index (κ3) is 5.23. The van der Waals surface area contributed by atoms with Gasteiger partial charge >= 0.3 is 0 Å². The number of carbonyl (C=O) groups excluding carboxylic acids is 1. The van der Waals surface area contributed by atoms with Crippen LogP contribution in [0.4, 0.5) is 5.69 Å². The monoisotopic (exact) mass is 523 g/mol. The van der Waals surface area contributed by atoms with Gasteiger partial charge in [0.1, 0.15) is 0 Å². The molecule has 0 saturated carbocycles. The molecule has 2 aromatic heterocycles. The number of anilines is 1. The standard InChI is InChI=1S/C25H25N5O4S2/c31-23(26-19-9-7-12-21(17-19)36(32,33)29-14-5-2-6-15-29)18-35-25-28-27-24(22-13-8-16-34-22)30(25)20-10-3-1-4-11-20/h1,3-4,7-13,16-17H,2,5-6,14-15,18H2,(H,26,31).